The molecule has 0 bridgehead atoms. The van der Waals surface area contributed by atoms with E-state index >= 15 is 0 Å². The molecule has 2 heteroatoms. The quantitative estimate of drug-likeness (QED) is 0.477. The molecule has 0 saturated carbocycles. The van der Waals surface area contributed by atoms with Gasteiger partial charge in [-0.25, -0.2) is 0 Å². The van der Waals surface area contributed by atoms with Crippen molar-refractivity contribution in [2.75, 3.05) is 19.3 Å². The zero-order valence-corrected chi connectivity index (χ0v) is 7.50. The molecule has 0 aliphatic carbocycles. The van der Waals surface area contributed by atoms with Crippen molar-refractivity contribution in [1.29, 1.82) is 0 Å². The van der Waals surface area contributed by atoms with E-state index < -0.39 is 0 Å². The smallest absolute Gasteiger partial charge is 0.0211 e. The molecule has 0 fully saturated rings. The first-order valence-corrected chi connectivity index (χ1v) is 4.77. The Balaban J connectivity index is 2.98. The van der Waals surface area contributed by atoms with Crippen molar-refractivity contribution in [1.82, 2.24) is 5.32 Å². The average molecular weight is 157 g/mol. The molecule has 0 aliphatic rings. The lowest BCUT2D eigenvalue weighted by Gasteiger charge is -2.07. The molecule has 1 nitrogen and oxygen atoms in total. The molecule has 0 aromatic carbocycles. The predicted molar refractivity (Wildman–Crippen MR) is 49.3 cm³/mol. The monoisotopic (exact) mass is 157 g/mol. The van der Waals surface area contributed by atoms with Crippen LogP contribution in [0.3, 0.4) is 0 Å². The molecule has 0 aliphatic heterocycles. The van der Waals surface area contributed by atoms with Crippen molar-refractivity contribution in [3.05, 3.63) is 0 Å². The van der Waals surface area contributed by atoms with Gasteiger partial charge in [0.25, 0.3) is 0 Å². The predicted octanol–water partition coefficient (Wildman–Crippen LogP) is 1.35. The minimum absolute atomic E-state index is 0.692. The molecular weight excluding hydrogens is 142 g/mol. The van der Waals surface area contributed by atoms with Crippen LogP contribution in [-0.2, 0) is 0 Å². The summed E-state index contributed by atoms with van der Waals surface area (Å²) in [6, 6.07) is 0. The van der Waals surface area contributed by atoms with Crippen LogP contribution in [0.25, 0.3) is 0 Å². The largest absolute Gasteiger partial charge is 0.315 e. The van der Waals surface area contributed by atoms with Crippen LogP contribution in [0.4, 0.5) is 0 Å². The Morgan fingerprint density at radius 3 is 2.90 bits per heavy atom. The van der Waals surface area contributed by atoms with Crippen molar-refractivity contribution in [3.8, 4) is 12.3 Å². The third kappa shape index (κ3) is 6.00. The molecule has 0 aromatic rings. The Labute approximate surface area is 68.0 Å². The van der Waals surface area contributed by atoms with Crippen LogP contribution in [0.1, 0.15) is 13.3 Å². The van der Waals surface area contributed by atoms with Gasteiger partial charge in [-0.15, -0.1) is 12.3 Å². The van der Waals surface area contributed by atoms with Gasteiger partial charge in [-0.05, 0) is 6.26 Å². The fourth-order valence-corrected chi connectivity index (χ4v) is 0.834. The van der Waals surface area contributed by atoms with Crippen LogP contribution in [0.15, 0.2) is 0 Å². The zero-order valence-electron chi connectivity index (χ0n) is 6.68. The topological polar surface area (TPSA) is 12.0 Å². The summed E-state index contributed by atoms with van der Waals surface area (Å²) in [5.41, 5.74) is 0. The summed E-state index contributed by atoms with van der Waals surface area (Å²) in [6.07, 6.45) is 8.04. The lowest BCUT2D eigenvalue weighted by atomic mass is 10.4. The van der Waals surface area contributed by atoms with Gasteiger partial charge in [0.2, 0.25) is 0 Å². The van der Waals surface area contributed by atoms with E-state index in [4.69, 9.17) is 6.42 Å². The second-order valence-electron chi connectivity index (χ2n) is 2.20. The van der Waals surface area contributed by atoms with Crippen molar-refractivity contribution in [2.45, 2.75) is 18.6 Å². The van der Waals surface area contributed by atoms with Crippen molar-refractivity contribution >= 4 is 11.8 Å². The van der Waals surface area contributed by atoms with E-state index in [-0.39, 0.29) is 0 Å². The van der Waals surface area contributed by atoms with Crippen LogP contribution in [-0.4, -0.2) is 24.6 Å². The first-order chi connectivity index (χ1) is 4.81. The molecule has 0 radical (unpaired) electrons. The van der Waals surface area contributed by atoms with Crippen molar-refractivity contribution < 1.29 is 0 Å². The Hall–Kier alpha value is -0.130. The highest BCUT2D eigenvalue weighted by Gasteiger charge is 1.95. The first-order valence-electron chi connectivity index (χ1n) is 3.48. The number of nitrogens with one attached hydrogen (secondary N) is 1. The molecule has 0 spiro atoms. The number of hydrogen-bond donors (Lipinski definition) is 1. The van der Waals surface area contributed by atoms with E-state index in [1.54, 1.807) is 0 Å². The van der Waals surface area contributed by atoms with Crippen LogP contribution in [0, 0.1) is 12.3 Å². The van der Waals surface area contributed by atoms with Gasteiger partial charge in [-0.1, -0.05) is 6.92 Å². The SMILES string of the molecule is C#CCCNCC(C)SC. The van der Waals surface area contributed by atoms with Gasteiger partial charge in [-0.3, -0.25) is 0 Å². The van der Waals surface area contributed by atoms with E-state index in [0.29, 0.717) is 5.25 Å². The Morgan fingerprint density at radius 1 is 1.70 bits per heavy atom. The molecular formula is C8H15NS. The summed E-state index contributed by atoms with van der Waals surface area (Å²) < 4.78 is 0. The van der Waals surface area contributed by atoms with E-state index in [1.165, 1.54) is 0 Å². The fraction of sp³-hybridized carbons (Fsp3) is 0.750. The summed E-state index contributed by atoms with van der Waals surface area (Å²) in [5.74, 6) is 2.59. The standard InChI is InChI=1S/C8H15NS/c1-4-5-6-9-7-8(2)10-3/h1,8-9H,5-7H2,2-3H3. The molecule has 58 valence electrons. The molecule has 0 rings (SSSR count). The molecule has 0 heterocycles. The van der Waals surface area contributed by atoms with Crippen molar-refractivity contribution in [2.24, 2.45) is 0 Å². The van der Waals surface area contributed by atoms with Crippen molar-refractivity contribution in [3.63, 3.8) is 0 Å². The van der Waals surface area contributed by atoms with Gasteiger partial charge in [-0.2, -0.15) is 11.8 Å². The van der Waals surface area contributed by atoms with E-state index in [9.17, 15) is 0 Å². The lowest BCUT2D eigenvalue weighted by molar-refractivity contribution is 0.692. The molecule has 1 atom stereocenters. The average Bonchev–Trinajstić information content (AvgIpc) is 1.98. The summed E-state index contributed by atoms with van der Waals surface area (Å²) in [5, 5.41) is 3.97. The second-order valence-corrected chi connectivity index (χ2v) is 3.48. The molecule has 1 unspecified atom stereocenters. The summed E-state index contributed by atoms with van der Waals surface area (Å²) in [7, 11) is 0. The third-order valence-electron chi connectivity index (χ3n) is 1.28. The Bertz CT molecular complexity index is 106. The van der Waals surface area contributed by atoms with Gasteiger partial charge in [0.1, 0.15) is 0 Å². The number of hydrogen-bond acceptors (Lipinski definition) is 2. The van der Waals surface area contributed by atoms with Gasteiger partial charge in [0.05, 0.1) is 0 Å². The number of terminal acetylenes is 1. The molecule has 0 aromatic heterocycles. The maximum atomic E-state index is 5.08. The van der Waals surface area contributed by atoms with Crippen LogP contribution < -0.4 is 5.32 Å². The highest BCUT2D eigenvalue weighted by atomic mass is 32.2. The van der Waals surface area contributed by atoms with Crippen LogP contribution >= 0.6 is 11.8 Å². The normalized spacial score (nSPS) is 12.5. The molecule has 0 saturated heterocycles. The highest BCUT2D eigenvalue weighted by Crippen LogP contribution is 2.01. The molecule has 10 heavy (non-hydrogen) atoms. The molecule has 0 amide bonds. The number of rotatable bonds is 5. The Kier molecular flexibility index (Phi) is 6.89. The third-order valence-corrected chi connectivity index (χ3v) is 2.25. The summed E-state index contributed by atoms with van der Waals surface area (Å²) >= 11 is 1.87. The van der Waals surface area contributed by atoms with Crippen LogP contribution in [0.5, 0.6) is 0 Å². The number of thioether (sulfide) groups is 1. The van der Waals surface area contributed by atoms with E-state index in [1.807, 2.05) is 11.8 Å². The van der Waals surface area contributed by atoms with Gasteiger partial charge in [0.15, 0.2) is 0 Å². The van der Waals surface area contributed by atoms with E-state index in [0.717, 1.165) is 19.5 Å². The zero-order chi connectivity index (χ0) is 7.82. The van der Waals surface area contributed by atoms with Gasteiger partial charge >= 0.3 is 0 Å². The van der Waals surface area contributed by atoms with Gasteiger partial charge in [0, 0.05) is 24.8 Å². The first kappa shape index (κ1) is 9.87. The fourth-order valence-electron chi connectivity index (χ4n) is 0.549. The molecule has 1 N–H and O–H groups in total. The summed E-state index contributed by atoms with van der Waals surface area (Å²) in [4.78, 5) is 0. The minimum Gasteiger partial charge on any atom is -0.315 e. The maximum Gasteiger partial charge on any atom is 0.0211 e. The van der Waals surface area contributed by atoms with Crippen LogP contribution in [0.2, 0.25) is 0 Å². The second kappa shape index (κ2) is 6.98. The van der Waals surface area contributed by atoms with E-state index in [2.05, 4.69) is 24.4 Å². The van der Waals surface area contributed by atoms with Gasteiger partial charge < -0.3 is 5.32 Å². The lowest BCUT2D eigenvalue weighted by Crippen LogP contribution is -2.23. The highest BCUT2D eigenvalue weighted by molar-refractivity contribution is 7.99. The summed E-state index contributed by atoms with van der Waals surface area (Å²) in [6.45, 7) is 4.21. The Morgan fingerprint density at radius 2 is 2.40 bits per heavy atom. The maximum absolute atomic E-state index is 5.08. The minimum atomic E-state index is 0.692.